The van der Waals surface area contributed by atoms with Gasteiger partial charge in [0.2, 0.25) is 15.9 Å². The molecule has 0 radical (unpaired) electrons. The number of hydrogen-bond donors (Lipinski definition) is 1. The average Bonchev–Trinajstić information content (AvgIpc) is 3.04. The Hall–Kier alpha value is -1.80. The number of nitrogens with zero attached hydrogens (tertiary/aromatic N) is 1. The highest BCUT2D eigenvalue weighted by atomic mass is 32.2. The fourth-order valence-electron chi connectivity index (χ4n) is 2.49. The van der Waals surface area contributed by atoms with E-state index in [1.165, 1.54) is 0 Å². The molecule has 134 valence electrons. The van der Waals surface area contributed by atoms with Gasteiger partial charge in [0.15, 0.2) is 0 Å². The van der Waals surface area contributed by atoms with Crippen molar-refractivity contribution in [2.24, 2.45) is 0 Å². The first kappa shape index (κ1) is 18.5. The van der Waals surface area contributed by atoms with Crippen molar-refractivity contribution in [3.63, 3.8) is 0 Å². The predicted molar refractivity (Wildman–Crippen MR) is 91.8 cm³/mol. The number of benzene rings is 1. The molecule has 1 aromatic rings. The van der Waals surface area contributed by atoms with Crippen molar-refractivity contribution in [2.45, 2.75) is 25.9 Å². The Balaban J connectivity index is 2.01. The third kappa shape index (κ3) is 5.38. The van der Waals surface area contributed by atoms with Crippen LogP contribution in [-0.4, -0.2) is 53.0 Å². The summed E-state index contributed by atoms with van der Waals surface area (Å²) in [5, 5.41) is 2.73. The Morgan fingerprint density at radius 2 is 2.08 bits per heavy atom. The lowest BCUT2D eigenvalue weighted by molar-refractivity contribution is -0.120. The summed E-state index contributed by atoms with van der Waals surface area (Å²) >= 11 is 0. The molecule has 1 aliphatic rings. The maximum Gasteiger partial charge on any atom is 0.240 e. The van der Waals surface area contributed by atoms with Crippen molar-refractivity contribution in [3.8, 4) is 5.75 Å². The average molecular weight is 356 g/mol. The van der Waals surface area contributed by atoms with Gasteiger partial charge in [-0.05, 0) is 44.0 Å². The fourth-order valence-corrected chi connectivity index (χ4v) is 3.35. The number of carbonyl (C=O) groups excluding carboxylic acids is 1. The number of anilines is 1. The lowest BCUT2D eigenvalue weighted by Crippen LogP contribution is -2.42. The van der Waals surface area contributed by atoms with Crippen LogP contribution < -0.4 is 14.4 Å². The minimum Gasteiger partial charge on any atom is -0.494 e. The van der Waals surface area contributed by atoms with Crippen molar-refractivity contribution >= 4 is 21.6 Å². The number of carbonyl (C=O) groups is 1. The molecule has 1 aromatic carbocycles. The second kappa shape index (κ2) is 8.34. The highest BCUT2D eigenvalue weighted by Crippen LogP contribution is 2.21. The van der Waals surface area contributed by atoms with Crippen molar-refractivity contribution in [2.75, 3.05) is 36.9 Å². The zero-order valence-electron chi connectivity index (χ0n) is 14.0. The molecule has 0 bridgehead atoms. The third-order valence-corrected chi connectivity index (χ3v) is 4.81. The predicted octanol–water partition coefficient (Wildman–Crippen LogP) is 1.15. The van der Waals surface area contributed by atoms with E-state index in [4.69, 9.17) is 9.47 Å². The van der Waals surface area contributed by atoms with E-state index in [1.807, 2.05) is 6.92 Å². The van der Waals surface area contributed by atoms with E-state index in [0.717, 1.165) is 23.4 Å². The number of ether oxygens (including phenoxy) is 2. The van der Waals surface area contributed by atoms with E-state index >= 15 is 0 Å². The molecule has 1 saturated heterocycles. The molecular formula is C16H24N2O5S. The minimum absolute atomic E-state index is 0.0195. The third-order valence-electron chi connectivity index (χ3n) is 3.67. The standard InChI is InChI=1S/C16H24N2O5S/c1-3-22-14-8-6-13(7-9-14)18(24(2,20)21)12-16(19)17-11-15-5-4-10-23-15/h6-9,15H,3-5,10-12H2,1-2H3,(H,17,19)/t15-/m1/s1. The van der Waals surface area contributed by atoms with Crippen LogP contribution in [0.15, 0.2) is 24.3 Å². The summed E-state index contributed by atoms with van der Waals surface area (Å²) in [5.41, 5.74) is 0.424. The summed E-state index contributed by atoms with van der Waals surface area (Å²) in [5.74, 6) is 0.294. The van der Waals surface area contributed by atoms with Gasteiger partial charge in [0.05, 0.1) is 24.7 Å². The molecule has 0 unspecified atom stereocenters. The molecule has 0 aliphatic carbocycles. The van der Waals surface area contributed by atoms with E-state index in [2.05, 4.69) is 5.32 Å². The molecule has 0 saturated carbocycles. The molecule has 1 amide bonds. The highest BCUT2D eigenvalue weighted by Gasteiger charge is 2.22. The number of sulfonamides is 1. The molecule has 1 heterocycles. The Morgan fingerprint density at radius 3 is 2.62 bits per heavy atom. The molecule has 8 heteroatoms. The van der Waals surface area contributed by atoms with Crippen molar-refractivity contribution in [1.29, 1.82) is 0 Å². The van der Waals surface area contributed by atoms with Gasteiger partial charge in [0.1, 0.15) is 12.3 Å². The highest BCUT2D eigenvalue weighted by molar-refractivity contribution is 7.92. The van der Waals surface area contributed by atoms with Gasteiger partial charge in [-0.25, -0.2) is 8.42 Å². The Kier molecular flexibility index (Phi) is 6.44. The van der Waals surface area contributed by atoms with E-state index < -0.39 is 10.0 Å². The monoisotopic (exact) mass is 356 g/mol. The van der Waals surface area contributed by atoms with Crippen LogP contribution in [0, 0.1) is 0 Å². The van der Waals surface area contributed by atoms with E-state index in [9.17, 15) is 13.2 Å². The van der Waals surface area contributed by atoms with E-state index in [-0.39, 0.29) is 18.6 Å². The summed E-state index contributed by atoms with van der Waals surface area (Å²) < 4.78 is 35.9. The van der Waals surface area contributed by atoms with Crippen LogP contribution in [-0.2, 0) is 19.6 Å². The Morgan fingerprint density at radius 1 is 1.38 bits per heavy atom. The molecule has 1 N–H and O–H groups in total. The molecule has 1 aliphatic heterocycles. The quantitative estimate of drug-likeness (QED) is 0.755. The maximum atomic E-state index is 12.1. The molecule has 1 fully saturated rings. The summed E-state index contributed by atoms with van der Waals surface area (Å²) in [6.45, 7) is 3.25. The maximum absolute atomic E-state index is 12.1. The summed E-state index contributed by atoms with van der Waals surface area (Å²) in [7, 11) is -3.58. The largest absolute Gasteiger partial charge is 0.494 e. The molecule has 0 spiro atoms. The molecule has 1 atom stereocenters. The van der Waals surface area contributed by atoms with Crippen LogP contribution >= 0.6 is 0 Å². The zero-order chi connectivity index (χ0) is 17.6. The summed E-state index contributed by atoms with van der Waals surface area (Å²) in [6.07, 6.45) is 3.00. The van der Waals surface area contributed by atoms with Gasteiger partial charge in [-0.1, -0.05) is 0 Å². The first-order valence-corrected chi connectivity index (χ1v) is 9.84. The van der Waals surface area contributed by atoms with Gasteiger partial charge >= 0.3 is 0 Å². The lowest BCUT2D eigenvalue weighted by atomic mass is 10.2. The number of amides is 1. The van der Waals surface area contributed by atoms with Crippen molar-refractivity contribution < 1.29 is 22.7 Å². The second-order valence-electron chi connectivity index (χ2n) is 5.64. The number of nitrogens with one attached hydrogen (secondary N) is 1. The van der Waals surface area contributed by atoms with Crippen molar-refractivity contribution in [3.05, 3.63) is 24.3 Å². The second-order valence-corrected chi connectivity index (χ2v) is 7.54. The number of rotatable bonds is 8. The van der Waals surface area contributed by atoms with Crippen LogP contribution in [0.3, 0.4) is 0 Å². The van der Waals surface area contributed by atoms with Gasteiger partial charge in [0.25, 0.3) is 0 Å². The van der Waals surface area contributed by atoms with E-state index in [0.29, 0.717) is 31.2 Å². The SMILES string of the molecule is CCOc1ccc(N(CC(=O)NC[C@H]2CCCO2)S(C)(=O)=O)cc1. The van der Waals surface area contributed by atoms with Gasteiger partial charge in [-0.15, -0.1) is 0 Å². The molecule has 24 heavy (non-hydrogen) atoms. The van der Waals surface area contributed by atoms with Gasteiger partial charge in [-0.2, -0.15) is 0 Å². The van der Waals surface area contributed by atoms with Gasteiger partial charge in [-0.3, -0.25) is 9.10 Å². The molecule has 2 rings (SSSR count). The molecule has 0 aromatic heterocycles. The smallest absolute Gasteiger partial charge is 0.240 e. The van der Waals surface area contributed by atoms with Crippen LogP contribution in [0.2, 0.25) is 0 Å². The van der Waals surface area contributed by atoms with Crippen LogP contribution in [0.1, 0.15) is 19.8 Å². The lowest BCUT2D eigenvalue weighted by Gasteiger charge is -2.22. The first-order valence-electron chi connectivity index (χ1n) is 7.99. The van der Waals surface area contributed by atoms with Crippen LogP contribution in [0.25, 0.3) is 0 Å². The van der Waals surface area contributed by atoms with Crippen molar-refractivity contribution in [1.82, 2.24) is 5.32 Å². The van der Waals surface area contributed by atoms with Crippen LogP contribution in [0.4, 0.5) is 5.69 Å². The normalized spacial score (nSPS) is 17.5. The minimum atomic E-state index is -3.58. The zero-order valence-corrected chi connectivity index (χ0v) is 14.8. The fraction of sp³-hybridized carbons (Fsp3) is 0.562. The van der Waals surface area contributed by atoms with E-state index in [1.54, 1.807) is 24.3 Å². The Labute approximate surface area is 143 Å². The topological polar surface area (TPSA) is 84.9 Å². The van der Waals surface area contributed by atoms with Crippen LogP contribution in [0.5, 0.6) is 5.75 Å². The number of hydrogen-bond acceptors (Lipinski definition) is 5. The van der Waals surface area contributed by atoms with Gasteiger partial charge in [0, 0.05) is 13.2 Å². The first-order chi connectivity index (χ1) is 11.4. The van der Waals surface area contributed by atoms with Gasteiger partial charge < -0.3 is 14.8 Å². The summed E-state index contributed by atoms with van der Waals surface area (Å²) in [6, 6.07) is 6.61. The molecule has 7 nitrogen and oxygen atoms in total. The molecular weight excluding hydrogens is 332 g/mol. The summed E-state index contributed by atoms with van der Waals surface area (Å²) in [4.78, 5) is 12.1. The Bertz CT molecular complexity index is 639.